The molecule has 5 nitrogen and oxygen atoms in total. The molecule has 0 aromatic carbocycles. The number of likely N-dealkylation sites (tertiary alicyclic amines) is 1. The van der Waals surface area contributed by atoms with Crippen molar-refractivity contribution in [3.8, 4) is 0 Å². The van der Waals surface area contributed by atoms with E-state index < -0.39 is 0 Å². The van der Waals surface area contributed by atoms with E-state index in [1.807, 2.05) is 0 Å². The van der Waals surface area contributed by atoms with Crippen molar-refractivity contribution in [3.63, 3.8) is 0 Å². The quantitative estimate of drug-likeness (QED) is 0.914. The number of aryl methyl sites for hydroxylation is 2. The summed E-state index contributed by atoms with van der Waals surface area (Å²) < 4.78 is 0. The molecule has 0 spiro atoms. The van der Waals surface area contributed by atoms with Crippen LogP contribution in [0, 0.1) is 0 Å². The molecule has 0 saturated carbocycles. The normalized spacial score (nSPS) is 23.5. The maximum absolute atomic E-state index is 4.97. The Balaban J connectivity index is 1.29. The second-order valence-electron chi connectivity index (χ2n) is 8.10. The molecule has 1 atom stereocenters. The average Bonchev–Trinajstić information content (AvgIpc) is 3.42. The van der Waals surface area contributed by atoms with E-state index in [1.165, 1.54) is 67.7 Å². The molecular weight excluding hydrogens is 322 g/mol. The standard InChI is InChI=1S/C21H29N5/c1-2-7-18-17(6-1)23-21(24-18)19-8-5-13-26(19)15-16-9-10-20(22-14-16)25-11-3-4-12-25/h9-10,14,19H,1-8,11-13,15H2,(H,23,24)/t19-/m0/s1. The Hall–Kier alpha value is -1.88. The van der Waals surface area contributed by atoms with E-state index in [-0.39, 0.29) is 0 Å². The number of fused-ring (bicyclic) bond motifs is 1. The highest BCUT2D eigenvalue weighted by Crippen LogP contribution is 2.33. The molecule has 5 heteroatoms. The Morgan fingerprint density at radius 3 is 2.69 bits per heavy atom. The van der Waals surface area contributed by atoms with Gasteiger partial charge >= 0.3 is 0 Å². The molecule has 4 heterocycles. The Kier molecular flexibility index (Phi) is 4.41. The maximum atomic E-state index is 4.97. The predicted octanol–water partition coefficient (Wildman–Crippen LogP) is 3.62. The summed E-state index contributed by atoms with van der Waals surface area (Å²) in [6.07, 6.45) is 12.1. The number of hydrogen-bond donors (Lipinski definition) is 1. The van der Waals surface area contributed by atoms with Gasteiger partial charge in [-0.2, -0.15) is 0 Å². The van der Waals surface area contributed by atoms with E-state index in [9.17, 15) is 0 Å². The fourth-order valence-electron chi connectivity index (χ4n) is 4.84. The Morgan fingerprint density at radius 1 is 1.00 bits per heavy atom. The number of aromatic nitrogens is 3. The van der Waals surface area contributed by atoms with Crippen LogP contribution in [0.4, 0.5) is 5.82 Å². The minimum absolute atomic E-state index is 0.443. The molecule has 0 unspecified atom stereocenters. The van der Waals surface area contributed by atoms with Crippen molar-refractivity contribution in [2.75, 3.05) is 24.5 Å². The van der Waals surface area contributed by atoms with Crippen LogP contribution < -0.4 is 4.90 Å². The van der Waals surface area contributed by atoms with Crippen LogP contribution in [0.3, 0.4) is 0 Å². The van der Waals surface area contributed by atoms with Crippen LogP contribution in [0.1, 0.15) is 67.3 Å². The van der Waals surface area contributed by atoms with Crippen molar-refractivity contribution in [2.45, 2.75) is 64.0 Å². The van der Waals surface area contributed by atoms with Crippen LogP contribution in [-0.2, 0) is 19.4 Å². The molecule has 3 aliphatic rings. The van der Waals surface area contributed by atoms with Crippen LogP contribution in [0.15, 0.2) is 18.3 Å². The lowest BCUT2D eigenvalue weighted by Crippen LogP contribution is -2.24. The number of anilines is 1. The minimum Gasteiger partial charge on any atom is -0.357 e. The molecule has 1 aliphatic carbocycles. The topological polar surface area (TPSA) is 48.1 Å². The number of hydrogen-bond acceptors (Lipinski definition) is 4. The third-order valence-corrected chi connectivity index (χ3v) is 6.28. The van der Waals surface area contributed by atoms with E-state index in [4.69, 9.17) is 9.97 Å². The van der Waals surface area contributed by atoms with E-state index >= 15 is 0 Å². The first-order valence-electron chi connectivity index (χ1n) is 10.4. The molecule has 2 aliphatic heterocycles. The smallest absolute Gasteiger partial charge is 0.128 e. The summed E-state index contributed by atoms with van der Waals surface area (Å²) in [6, 6.07) is 4.92. The number of rotatable bonds is 4. The molecule has 0 amide bonds. The largest absolute Gasteiger partial charge is 0.357 e. The summed E-state index contributed by atoms with van der Waals surface area (Å²) in [5, 5.41) is 0. The lowest BCUT2D eigenvalue weighted by Gasteiger charge is -2.23. The Morgan fingerprint density at radius 2 is 1.88 bits per heavy atom. The SMILES string of the molecule is c1cc(N2CCCC2)ncc1CN1CCC[C@H]1c1nc2c([nH]1)CCCC2. The van der Waals surface area contributed by atoms with Crippen LogP contribution >= 0.6 is 0 Å². The maximum Gasteiger partial charge on any atom is 0.128 e. The Bertz CT molecular complexity index is 721. The monoisotopic (exact) mass is 351 g/mol. The van der Waals surface area contributed by atoms with Crippen molar-refractivity contribution in [3.05, 3.63) is 41.1 Å². The number of H-pyrrole nitrogens is 1. The van der Waals surface area contributed by atoms with Crippen molar-refractivity contribution in [2.24, 2.45) is 0 Å². The summed E-state index contributed by atoms with van der Waals surface area (Å²) >= 11 is 0. The number of aromatic amines is 1. The van der Waals surface area contributed by atoms with Gasteiger partial charge in [0, 0.05) is 31.5 Å². The number of pyridine rings is 1. The highest BCUT2D eigenvalue weighted by atomic mass is 15.2. The highest BCUT2D eigenvalue weighted by molar-refractivity contribution is 5.40. The van der Waals surface area contributed by atoms with Crippen molar-refractivity contribution in [1.82, 2.24) is 19.9 Å². The van der Waals surface area contributed by atoms with Gasteiger partial charge in [0.2, 0.25) is 0 Å². The van der Waals surface area contributed by atoms with Crippen LogP contribution in [0.2, 0.25) is 0 Å². The summed E-state index contributed by atoms with van der Waals surface area (Å²) in [6.45, 7) is 4.45. The number of nitrogens with zero attached hydrogens (tertiary/aromatic N) is 4. The van der Waals surface area contributed by atoms with E-state index in [2.05, 4.69) is 33.1 Å². The third kappa shape index (κ3) is 3.13. The van der Waals surface area contributed by atoms with E-state index in [0.717, 1.165) is 38.4 Å². The molecule has 1 N–H and O–H groups in total. The van der Waals surface area contributed by atoms with Crippen molar-refractivity contribution >= 4 is 5.82 Å². The zero-order chi connectivity index (χ0) is 17.3. The highest BCUT2D eigenvalue weighted by Gasteiger charge is 2.29. The molecule has 2 saturated heterocycles. The first kappa shape index (κ1) is 16.3. The summed E-state index contributed by atoms with van der Waals surface area (Å²) in [5.74, 6) is 2.35. The number of imidazole rings is 1. The van der Waals surface area contributed by atoms with Crippen LogP contribution in [0.5, 0.6) is 0 Å². The Labute approximate surface area is 155 Å². The van der Waals surface area contributed by atoms with Crippen LogP contribution in [-0.4, -0.2) is 39.5 Å². The molecule has 138 valence electrons. The van der Waals surface area contributed by atoms with Gasteiger partial charge in [0.1, 0.15) is 11.6 Å². The van der Waals surface area contributed by atoms with E-state index in [0.29, 0.717) is 6.04 Å². The summed E-state index contributed by atoms with van der Waals surface area (Å²) in [5.41, 5.74) is 4.04. The fourth-order valence-corrected chi connectivity index (χ4v) is 4.84. The first-order chi connectivity index (χ1) is 12.9. The summed E-state index contributed by atoms with van der Waals surface area (Å²) in [7, 11) is 0. The number of nitrogens with one attached hydrogen (secondary N) is 1. The van der Waals surface area contributed by atoms with Gasteiger partial charge in [-0.05, 0) is 69.5 Å². The van der Waals surface area contributed by atoms with Crippen molar-refractivity contribution in [1.29, 1.82) is 0 Å². The second kappa shape index (κ2) is 7.03. The third-order valence-electron chi connectivity index (χ3n) is 6.28. The molecule has 2 aromatic rings. The molecule has 26 heavy (non-hydrogen) atoms. The molecule has 5 rings (SSSR count). The van der Waals surface area contributed by atoms with Gasteiger partial charge in [-0.15, -0.1) is 0 Å². The van der Waals surface area contributed by atoms with Gasteiger partial charge in [0.05, 0.1) is 11.7 Å². The predicted molar refractivity (Wildman–Crippen MR) is 103 cm³/mol. The second-order valence-corrected chi connectivity index (χ2v) is 8.10. The van der Waals surface area contributed by atoms with Gasteiger partial charge in [0.15, 0.2) is 0 Å². The molecular formula is C21H29N5. The van der Waals surface area contributed by atoms with Crippen molar-refractivity contribution < 1.29 is 0 Å². The summed E-state index contributed by atoms with van der Waals surface area (Å²) in [4.78, 5) is 18.3. The molecule has 0 bridgehead atoms. The van der Waals surface area contributed by atoms with Gasteiger partial charge in [-0.25, -0.2) is 9.97 Å². The van der Waals surface area contributed by atoms with E-state index in [1.54, 1.807) is 0 Å². The zero-order valence-electron chi connectivity index (χ0n) is 15.6. The minimum atomic E-state index is 0.443. The lowest BCUT2D eigenvalue weighted by atomic mass is 10.0. The molecule has 2 fully saturated rings. The average molecular weight is 351 g/mol. The molecule has 2 aromatic heterocycles. The first-order valence-corrected chi connectivity index (χ1v) is 10.4. The van der Waals surface area contributed by atoms with Gasteiger partial charge in [0.25, 0.3) is 0 Å². The molecule has 0 radical (unpaired) electrons. The van der Waals surface area contributed by atoms with Gasteiger partial charge in [-0.3, -0.25) is 4.90 Å². The lowest BCUT2D eigenvalue weighted by molar-refractivity contribution is 0.240. The van der Waals surface area contributed by atoms with Gasteiger partial charge in [-0.1, -0.05) is 6.07 Å². The van der Waals surface area contributed by atoms with Crippen LogP contribution in [0.25, 0.3) is 0 Å². The fraction of sp³-hybridized carbons (Fsp3) is 0.619. The zero-order valence-corrected chi connectivity index (χ0v) is 15.6. The van der Waals surface area contributed by atoms with Gasteiger partial charge < -0.3 is 9.88 Å².